The van der Waals surface area contributed by atoms with Crippen LogP contribution in [0.4, 0.5) is 4.39 Å². The molecule has 2 unspecified atom stereocenters. The first kappa shape index (κ1) is 11.8. The number of aliphatic hydroxyl groups is 2. The van der Waals surface area contributed by atoms with Gasteiger partial charge in [0, 0.05) is 12.1 Å². The molecule has 0 heterocycles. The number of halogens is 1. The molecule has 4 N–H and O–H groups in total. The minimum atomic E-state index is -1.29. The lowest BCUT2D eigenvalue weighted by atomic mass is 10.0. The molecule has 4 nitrogen and oxygen atoms in total. The van der Waals surface area contributed by atoms with Crippen LogP contribution in [0, 0.1) is 5.82 Å². The molecule has 0 radical (unpaired) electrons. The van der Waals surface area contributed by atoms with Gasteiger partial charge in [-0.3, -0.25) is 4.79 Å². The largest absolute Gasteiger partial charge is 0.389 e. The Bertz CT molecular complexity index is 357. The highest BCUT2D eigenvalue weighted by molar-refractivity contribution is 5.75. The summed E-state index contributed by atoms with van der Waals surface area (Å²) in [6.45, 7) is -0.145. The lowest BCUT2D eigenvalue weighted by Crippen LogP contribution is -2.27. The van der Waals surface area contributed by atoms with E-state index in [1.54, 1.807) is 0 Å². The molecule has 1 aromatic rings. The minimum absolute atomic E-state index is 0.105. The second kappa shape index (κ2) is 4.97. The van der Waals surface area contributed by atoms with Crippen LogP contribution < -0.4 is 5.73 Å². The number of nitrogens with two attached hydrogens (primary N) is 1. The first-order valence-corrected chi connectivity index (χ1v) is 4.40. The fraction of sp³-hybridized carbons (Fsp3) is 0.300. The SMILES string of the molecule is NCC(O)C(O)c1cc(F)cc(C=O)c1. The Balaban J connectivity index is 3.02. The molecule has 0 aliphatic heterocycles. The number of hydrogen-bond donors (Lipinski definition) is 3. The van der Waals surface area contributed by atoms with Crippen LogP contribution in [0.15, 0.2) is 18.2 Å². The normalized spacial score (nSPS) is 14.7. The van der Waals surface area contributed by atoms with Gasteiger partial charge in [-0.25, -0.2) is 4.39 Å². The zero-order chi connectivity index (χ0) is 11.4. The molecule has 0 aliphatic rings. The van der Waals surface area contributed by atoms with E-state index in [2.05, 4.69) is 0 Å². The van der Waals surface area contributed by atoms with Gasteiger partial charge in [0.05, 0.1) is 6.10 Å². The highest BCUT2D eigenvalue weighted by Gasteiger charge is 2.17. The van der Waals surface area contributed by atoms with Gasteiger partial charge in [0.2, 0.25) is 0 Å². The van der Waals surface area contributed by atoms with Crippen LogP contribution in [-0.2, 0) is 0 Å². The highest BCUT2D eigenvalue weighted by atomic mass is 19.1. The minimum Gasteiger partial charge on any atom is -0.389 e. The smallest absolute Gasteiger partial charge is 0.150 e. The Morgan fingerprint density at radius 1 is 1.40 bits per heavy atom. The van der Waals surface area contributed by atoms with Crippen LogP contribution in [0.2, 0.25) is 0 Å². The average Bonchev–Trinajstić information content (AvgIpc) is 2.26. The summed E-state index contributed by atoms with van der Waals surface area (Å²) in [7, 11) is 0. The van der Waals surface area contributed by atoms with Crippen LogP contribution in [0.1, 0.15) is 22.0 Å². The van der Waals surface area contributed by atoms with Gasteiger partial charge in [-0.15, -0.1) is 0 Å². The molecule has 0 amide bonds. The van der Waals surface area contributed by atoms with Crippen molar-refractivity contribution >= 4 is 6.29 Å². The zero-order valence-electron chi connectivity index (χ0n) is 7.93. The first-order chi connectivity index (χ1) is 7.08. The van der Waals surface area contributed by atoms with Gasteiger partial charge in [-0.2, -0.15) is 0 Å². The Labute approximate surface area is 86.1 Å². The number of aldehydes is 1. The maximum atomic E-state index is 13.0. The van der Waals surface area contributed by atoms with Crippen LogP contribution in [-0.4, -0.2) is 29.1 Å². The standard InChI is InChI=1S/C10H12FNO3/c11-8-2-6(5-13)1-7(3-8)10(15)9(14)4-12/h1-3,5,9-10,14-15H,4,12H2. The van der Waals surface area contributed by atoms with E-state index in [1.807, 2.05) is 0 Å². The molecule has 0 saturated heterocycles. The van der Waals surface area contributed by atoms with Gasteiger partial charge < -0.3 is 15.9 Å². The molecule has 0 bridgehead atoms. The van der Waals surface area contributed by atoms with Crippen molar-refractivity contribution in [2.75, 3.05) is 6.54 Å². The summed E-state index contributed by atoms with van der Waals surface area (Å²) in [5.41, 5.74) is 5.38. The molecule has 2 atom stereocenters. The molecule has 0 aliphatic carbocycles. The predicted molar refractivity (Wildman–Crippen MR) is 51.8 cm³/mol. The van der Waals surface area contributed by atoms with E-state index < -0.39 is 18.0 Å². The van der Waals surface area contributed by atoms with Crippen molar-refractivity contribution in [3.63, 3.8) is 0 Å². The van der Waals surface area contributed by atoms with Crippen LogP contribution >= 0.6 is 0 Å². The van der Waals surface area contributed by atoms with Crippen LogP contribution in [0.5, 0.6) is 0 Å². The number of carbonyl (C=O) groups is 1. The fourth-order valence-electron chi connectivity index (χ4n) is 1.23. The molecular weight excluding hydrogens is 201 g/mol. The van der Waals surface area contributed by atoms with Gasteiger partial charge in [0.15, 0.2) is 0 Å². The van der Waals surface area contributed by atoms with E-state index in [0.29, 0.717) is 6.29 Å². The summed E-state index contributed by atoms with van der Waals surface area (Å²) >= 11 is 0. The molecule has 1 aromatic carbocycles. The summed E-state index contributed by atoms with van der Waals surface area (Å²) in [6.07, 6.45) is -2.00. The van der Waals surface area contributed by atoms with E-state index in [1.165, 1.54) is 6.07 Å². The molecule has 5 heteroatoms. The molecule has 15 heavy (non-hydrogen) atoms. The van der Waals surface area contributed by atoms with Crippen molar-refractivity contribution in [1.29, 1.82) is 0 Å². The van der Waals surface area contributed by atoms with Crippen molar-refractivity contribution < 1.29 is 19.4 Å². The van der Waals surface area contributed by atoms with Crippen LogP contribution in [0.3, 0.4) is 0 Å². The average molecular weight is 213 g/mol. The topological polar surface area (TPSA) is 83.6 Å². The second-order valence-corrected chi connectivity index (χ2v) is 3.18. The maximum absolute atomic E-state index is 13.0. The molecule has 0 saturated carbocycles. The van der Waals surface area contributed by atoms with Gasteiger partial charge in [0.25, 0.3) is 0 Å². The lowest BCUT2D eigenvalue weighted by molar-refractivity contribution is 0.0241. The van der Waals surface area contributed by atoms with Crippen molar-refractivity contribution in [2.24, 2.45) is 5.73 Å². The lowest BCUT2D eigenvalue weighted by Gasteiger charge is -2.16. The third kappa shape index (κ3) is 2.82. The maximum Gasteiger partial charge on any atom is 0.150 e. The van der Waals surface area contributed by atoms with E-state index in [4.69, 9.17) is 5.73 Å². The molecule has 0 aromatic heterocycles. The molecule has 82 valence electrons. The highest BCUT2D eigenvalue weighted by Crippen LogP contribution is 2.18. The van der Waals surface area contributed by atoms with E-state index >= 15 is 0 Å². The number of carbonyl (C=O) groups excluding carboxylic acids is 1. The first-order valence-electron chi connectivity index (χ1n) is 4.40. The number of rotatable bonds is 4. The Kier molecular flexibility index (Phi) is 3.90. The summed E-state index contributed by atoms with van der Waals surface area (Å²) in [6, 6.07) is 3.40. The third-order valence-electron chi connectivity index (χ3n) is 2.03. The van der Waals surface area contributed by atoms with Crippen molar-refractivity contribution in [1.82, 2.24) is 0 Å². The number of aliphatic hydroxyl groups excluding tert-OH is 2. The van der Waals surface area contributed by atoms with E-state index in [9.17, 15) is 19.4 Å². The second-order valence-electron chi connectivity index (χ2n) is 3.18. The van der Waals surface area contributed by atoms with Crippen molar-refractivity contribution in [2.45, 2.75) is 12.2 Å². The zero-order valence-corrected chi connectivity index (χ0v) is 7.93. The summed E-state index contributed by atoms with van der Waals surface area (Å²) in [5, 5.41) is 18.8. The van der Waals surface area contributed by atoms with Gasteiger partial charge in [0.1, 0.15) is 18.2 Å². The predicted octanol–water partition coefficient (Wildman–Crippen LogP) is -0.00880. The fourth-order valence-corrected chi connectivity index (χ4v) is 1.23. The van der Waals surface area contributed by atoms with Crippen molar-refractivity contribution in [3.05, 3.63) is 35.1 Å². The Morgan fingerprint density at radius 2 is 2.07 bits per heavy atom. The molecular formula is C10H12FNO3. The Hall–Kier alpha value is -1.30. The van der Waals surface area contributed by atoms with Crippen molar-refractivity contribution in [3.8, 4) is 0 Å². The summed E-state index contributed by atoms with van der Waals surface area (Å²) in [5.74, 6) is -0.641. The third-order valence-corrected chi connectivity index (χ3v) is 2.03. The van der Waals surface area contributed by atoms with Crippen LogP contribution in [0.25, 0.3) is 0 Å². The molecule has 1 rings (SSSR count). The number of benzene rings is 1. The molecule has 0 spiro atoms. The molecule has 0 fully saturated rings. The quantitative estimate of drug-likeness (QED) is 0.614. The van der Waals surface area contributed by atoms with E-state index in [0.717, 1.165) is 12.1 Å². The summed E-state index contributed by atoms with van der Waals surface area (Å²) < 4.78 is 13.0. The number of hydrogen-bond acceptors (Lipinski definition) is 4. The van der Waals surface area contributed by atoms with Gasteiger partial charge >= 0.3 is 0 Å². The van der Waals surface area contributed by atoms with Gasteiger partial charge in [-0.05, 0) is 23.8 Å². The Morgan fingerprint density at radius 3 is 2.60 bits per heavy atom. The van der Waals surface area contributed by atoms with Gasteiger partial charge in [-0.1, -0.05) is 0 Å². The monoisotopic (exact) mass is 213 g/mol. The summed E-state index contributed by atoms with van der Waals surface area (Å²) in [4.78, 5) is 10.4. The van der Waals surface area contributed by atoms with E-state index in [-0.39, 0.29) is 17.7 Å².